The van der Waals surface area contributed by atoms with Crippen LogP contribution in [0.3, 0.4) is 0 Å². The van der Waals surface area contributed by atoms with Gasteiger partial charge in [0.2, 0.25) is 0 Å². The molecule has 0 saturated carbocycles. The molecule has 26 heavy (non-hydrogen) atoms. The van der Waals surface area contributed by atoms with Gasteiger partial charge in [-0.1, -0.05) is 41.9 Å². The second-order valence-corrected chi connectivity index (χ2v) is 6.18. The number of ether oxygens (including phenoxy) is 2. The first-order chi connectivity index (χ1) is 12.2. The maximum absolute atomic E-state index is 12.8. The van der Waals surface area contributed by atoms with Crippen molar-refractivity contribution < 1.29 is 14.3 Å². The number of carbonyl (C=O) groups excluding carboxylic acids is 1. The van der Waals surface area contributed by atoms with E-state index in [0.29, 0.717) is 29.6 Å². The number of amides is 1. The number of para-hydroxylation sites is 2. The van der Waals surface area contributed by atoms with Crippen LogP contribution in [0.4, 0.5) is 0 Å². The number of benzene rings is 2. The molecule has 140 valence electrons. The first kappa shape index (κ1) is 20.4. The predicted molar refractivity (Wildman–Crippen MR) is 105 cm³/mol. The Labute approximate surface area is 164 Å². The average molecular weight is 397 g/mol. The Morgan fingerprint density at radius 2 is 1.88 bits per heavy atom. The predicted octanol–water partition coefficient (Wildman–Crippen LogP) is 3.32. The molecule has 1 fully saturated rings. The molecule has 1 amide bonds. The van der Waals surface area contributed by atoms with Crippen LogP contribution < -0.4 is 14.8 Å². The van der Waals surface area contributed by atoms with Gasteiger partial charge in [0.25, 0.3) is 5.91 Å². The summed E-state index contributed by atoms with van der Waals surface area (Å²) >= 11 is 6.33. The number of hydrogen-bond donors (Lipinski definition) is 1. The molecule has 7 heteroatoms. The van der Waals surface area contributed by atoms with Gasteiger partial charge in [0.05, 0.1) is 13.2 Å². The molecule has 1 heterocycles. The SMILES string of the molecule is COc1ccccc1OCC(=O)N1CCNCC1c1ccccc1Cl.Cl. The van der Waals surface area contributed by atoms with Gasteiger partial charge in [-0.2, -0.15) is 0 Å². The van der Waals surface area contributed by atoms with E-state index in [0.717, 1.165) is 12.1 Å². The van der Waals surface area contributed by atoms with Crippen LogP contribution >= 0.6 is 24.0 Å². The van der Waals surface area contributed by atoms with Crippen LogP contribution in [0.2, 0.25) is 5.02 Å². The van der Waals surface area contributed by atoms with E-state index in [9.17, 15) is 4.79 Å². The number of rotatable bonds is 5. The summed E-state index contributed by atoms with van der Waals surface area (Å²) < 4.78 is 10.9. The summed E-state index contributed by atoms with van der Waals surface area (Å²) in [6, 6.07) is 14.8. The van der Waals surface area contributed by atoms with Crippen molar-refractivity contribution in [3.05, 3.63) is 59.1 Å². The van der Waals surface area contributed by atoms with Gasteiger partial charge in [-0.05, 0) is 23.8 Å². The zero-order valence-electron chi connectivity index (χ0n) is 14.5. The lowest BCUT2D eigenvalue weighted by molar-refractivity contribution is -0.136. The fourth-order valence-electron chi connectivity index (χ4n) is 2.99. The van der Waals surface area contributed by atoms with E-state index in [4.69, 9.17) is 21.1 Å². The molecule has 1 aliphatic heterocycles. The average Bonchev–Trinajstić information content (AvgIpc) is 2.66. The van der Waals surface area contributed by atoms with Crippen molar-refractivity contribution in [1.29, 1.82) is 0 Å². The summed E-state index contributed by atoms with van der Waals surface area (Å²) in [5.41, 5.74) is 0.946. The number of methoxy groups -OCH3 is 1. The summed E-state index contributed by atoms with van der Waals surface area (Å²) in [7, 11) is 1.58. The third kappa shape index (κ3) is 4.61. The van der Waals surface area contributed by atoms with Crippen LogP contribution in [0.25, 0.3) is 0 Å². The maximum Gasteiger partial charge on any atom is 0.261 e. The van der Waals surface area contributed by atoms with Crippen LogP contribution in [-0.4, -0.2) is 44.2 Å². The van der Waals surface area contributed by atoms with E-state index in [2.05, 4.69) is 5.32 Å². The van der Waals surface area contributed by atoms with Crippen molar-refractivity contribution in [3.8, 4) is 11.5 Å². The molecule has 1 unspecified atom stereocenters. The lowest BCUT2D eigenvalue weighted by Gasteiger charge is -2.36. The monoisotopic (exact) mass is 396 g/mol. The van der Waals surface area contributed by atoms with Gasteiger partial charge >= 0.3 is 0 Å². The number of hydrogen-bond acceptors (Lipinski definition) is 4. The van der Waals surface area contributed by atoms with Gasteiger partial charge in [0.15, 0.2) is 18.1 Å². The highest BCUT2D eigenvalue weighted by Crippen LogP contribution is 2.29. The molecule has 3 rings (SSSR count). The molecule has 1 N–H and O–H groups in total. The maximum atomic E-state index is 12.8. The highest BCUT2D eigenvalue weighted by molar-refractivity contribution is 6.31. The third-order valence-corrected chi connectivity index (χ3v) is 4.59. The van der Waals surface area contributed by atoms with Crippen LogP contribution in [0.15, 0.2) is 48.5 Å². The minimum absolute atomic E-state index is 0. The van der Waals surface area contributed by atoms with E-state index in [1.54, 1.807) is 19.2 Å². The Kier molecular flexibility index (Phi) is 7.57. The van der Waals surface area contributed by atoms with Crippen molar-refractivity contribution in [3.63, 3.8) is 0 Å². The standard InChI is InChI=1S/C19H21ClN2O3.ClH/c1-24-17-8-4-5-9-18(17)25-13-19(23)22-11-10-21-12-16(22)14-6-2-3-7-15(14)20;/h2-9,16,21H,10-13H2,1H3;1H. The van der Waals surface area contributed by atoms with Crippen LogP contribution in [0.1, 0.15) is 11.6 Å². The van der Waals surface area contributed by atoms with Crippen molar-refractivity contribution in [2.24, 2.45) is 0 Å². The largest absolute Gasteiger partial charge is 0.493 e. The minimum Gasteiger partial charge on any atom is -0.493 e. The highest BCUT2D eigenvalue weighted by Gasteiger charge is 2.29. The normalized spacial score (nSPS) is 16.5. The number of nitrogens with one attached hydrogen (secondary N) is 1. The Morgan fingerprint density at radius 3 is 2.62 bits per heavy atom. The van der Waals surface area contributed by atoms with Crippen LogP contribution in [0, 0.1) is 0 Å². The van der Waals surface area contributed by atoms with E-state index in [1.807, 2.05) is 41.3 Å². The highest BCUT2D eigenvalue weighted by atomic mass is 35.5. The second kappa shape index (κ2) is 9.67. The third-order valence-electron chi connectivity index (χ3n) is 4.25. The van der Waals surface area contributed by atoms with E-state index >= 15 is 0 Å². The zero-order chi connectivity index (χ0) is 17.6. The molecule has 0 bridgehead atoms. The van der Waals surface area contributed by atoms with E-state index in [-0.39, 0.29) is 31.0 Å². The van der Waals surface area contributed by atoms with Crippen LogP contribution in [0.5, 0.6) is 11.5 Å². The minimum atomic E-state index is -0.101. The first-order valence-electron chi connectivity index (χ1n) is 8.21. The number of carbonyl (C=O) groups is 1. The summed E-state index contributed by atoms with van der Waals surface area (Å²) in [5.74, 6) is 1.10. The van der Waals surface area contributed by atoms with E-state index < -0.39 is 0 Å². The topological polar surface area (TPSA) is 50.8 Å². The van der Waals surface area contributed by atoms with Gasteiger partial charge in [0, 0.05) is 24.7 Å². The summed E-state index contributed by atoms with van der Waals surface area (Å²) in [6.07, 6.45) is 0. The van der Waals surface area contributed by atoms with E-state index in [1.165, 1.54) is 0 Å². The smallest absolute Gasteiger partial charge is 0.261 e. The molecule has 0 spiro atoms. The fraction of sp³-hybridized carbons (Fsp3) is 0.316. The molecule has 1 saturated heterocycles. The fourth-order valence-corrected chi connectivity index (χ4v) is 3.25. The molecule has 0 aromatic heterocycles. The molecule has 2 aromatic rings. The second-order valence-electron chi connectivity index (χ2n) is 5.77. The van der Waals surface area contributed by atoms with Gasteiger partial charge in [-0.15, -0.1) is 12.4 Å². The molecule has 2 aromatic carbocycles. The van der Waals surface area contributed by atoms with Crippen molar-refractivity contribution in [1.82, 2.24) is 10.2 Å². The number of halogens is 2. The molecule has 1 atom stereocenters. The number of piperazine rings is 1. The lowest BCUT2D eigenvalue weighted by Crippen LogP contribution is -2.50. The molecule has 0 aliphatic carbocycles. The molecule has 5 nitrogen and oxygen atoms in total. The molecule has 0 radical (unpaired) electrons. The van der Waals surface area contributed by atoms with Gasteiger partial charge in [-0.25, -0.2) is 0 Å². The quantitative estimate of drug-likeness (QED) is 0.841. The summed E-state index contributed by atoms with van der Waals surface area (Å²) in [6.45, 7) is 2.00. The summed E-state index contributed by atoms with van der Waals surface area (Å²) in [4.78, 5) is 14.6. The summed E-state index contributed by atoms with van der Waals surface area (Å²) in [5, 5.41) is 3.99. The molecular formula is C19H22Cl2N2O3. The van der Waals surface area contributed by atoms with Crippen molar-refractivity contribution >= 4 is 29.9 Å². The number of nitrogens with zero attached hydrogens (tertiary/aromatic N) is 1. The van der Waals surface area contributed by atoms with Crippen LogP contribution in [-0.2, 0) is 4.79 Å². The van der Waals surface area contributed by atoms with Crippen molar-refractivity contribution in [2.75, 3.05) is 33.4 Å². The lowest BCUT2D eigenvalue weighted by atomic mass is 10.0. The Balaban J connectivity index is 0.00000243. The van der Waals surface area contributed by atoms with Crippen molar-refractivity contribution in [2.45, 2.75) is 6.04 Å². The molecular weight excluding hydrogens is 375 g/mol. The van der Waals surface area contributed by atoms with Gasteiger partial charge in [0.1, 0.15) is 0 Å². The Bertz CT molecular complexity index is 742. The Morgan fingerprint density at radius 1 is 1.19 bits per heavy atom. The first-order valence-corrected chi connectivity index (χ1v) is 8.59. The van der Waals surface area contributed by atoms with Gasteiger partial charge in [-0.3, -0.25) is 4.79 Å². The van der Waals surface area contributed by atoms with Gasteiger partial charge < -0.3 is 19.7 Å². The Hall–Kier alpha value is -1.95. The molecule has 1 aliphatic rings. The zero-order valence-corrected chi connectivity index (χ0v) is 16.1.